The lowest BCUT2D eigenvalue weighted by Crippen LogP contribution is -2.22. The highest BCUT2D eigenvalue weighted by Gasteiger charge is 2.09. The molecular weight excluding hydrogens is 272 g/mol. The summed E-state index contributed by atoms with van der Waals surface area (Å²) < 4.78 is 26.9. The van der Waals surface area contributed by atoms with Gasteiger partial charge < -0.3 is 10.6 Å². The molecular formula is C16H17F2N3. The first-order valence-corrected chi connectivity index (χ1v) is 6.64. The fourth-order valence-corrected chi connectivity index (χ4v) is 2.18. The molecule has 0 bridgehead atoms. The molecule has 0 radical (unpaired) electrons. The zero-order valence-corrected chi connectivity index (χ0v) is 11.7. The van der Waals surface area contributed by atoms with Gasteiger partial charge in [-0.1, -0.05) is 6.07 Å². The molecule has 0 unspecified atom stereocenters. The molecule has 0 aromatic heterocycles. The van der Waals surface area contributed by atoms with Crippen LogP contribution in [0.15, 0.2) is 42.5 Å². The van der Waals surface area contributed by atoms with E-state index in [-0.39, 0.29) is 11.7 Å². The van der Waals surface area contributed by atoms with E-state index in [0.29, 0.717) is 24.2 Å². The summed E-state index contributed by atoms with van der Waals surface area (Å²) in [4.78, 5) is 1.92. The van der Waals surface area contributed by atoms with Crippen molar-refractivity contribution < 1.29 is 8.78 Å². The largest absolute Gasteiger partial charge is 0.384 e. The third-order valence-corrected chi connectivity index (χ3v) is 3.20. The SMILES string of the molecule is CCN(Cc1cc(F)cc(C(=N)N)c1)c1cccc(F)c1. The molecule has 0 aliphatic carbocycles. The normalized spacial score (nSPS) is 10.4. The maximum atomic E-state index is 13.6. The van der Waals surface area contributed by atoms with Crippen LogP contribution in [0.5, 0.6) is 0 Å². The summed E-state index contributed by atoms with van der Waals surface area (Å²) in [5.74, 6) is -0.924. The molecule has 0 atom stereocenters. The molecule has 3 N–H and O–H groups in total. The molecule has 2 aromatic rings. The summed E-state index contributed by atoms with van der Waals surface area (Å²) in [6, 6.07) is 10.6. The van der Waals surface area contributed by atoms with Crippen molar-refractivity contribution in [1.82, 2.24) is 0 Å². The quantitative estimate of drug-likeness (QED) is 0.655. The van der Waals surface area contributed by atoms with Crippen LogP contribution in [0.1, 0.15) is 18.1 Å². The summed E-state index contributed by atoms with van der Waals surface area (Å²) in [6.45, 7) is 3.00. The highest BCUT2D eigenvalue weighted by molar-refractivity contribution is 5.95. The van der Waals surface area contributed by atoms with E-state index in [9.17, 15) is 8.78 Å². The Hall–Kier alpha value is -2.43. The van der Waals surface area contributed by atoms with Gasteiger partial charge in [-0.25, -0.2) is 8.78 Å². The standard InChI is InChI=1S/C16H17F2N3/c1-2-21(15-5-3-4-13(17)9-15)10-11-6-12(16(19)20)8-14(18)7-11/h3-9H,2,10H2,1H3,(H3,19,20). The van der Waals surface area contributed by atoms with Gasteiger partial charge in [-0.15, -0.1) is 0 Å². The van der Waals surface area contributed by atoms with Gasteiger partial charge in [0.1, 0.15) is 17.5 Å². The van der Waals surface area contributed by atoms with E-state index in [1.54, 1.807) is 18.2 Å². The van der Waals surface area contributed by atoms with Crippen molar-refractivity contribution in [2.75, 3.05) is 11.4 Å². The molecule has 110 valence electrons. The number of amidine groups is 1. The Morgan fingerprint density at radius 3 is 2.52 bits per heavy atom. The molecule has 0 saturated heterocycles. The van der Waals surface area contributed by atoms with Crippen LogP contribution >= 0.6 is 0 Å². The fourth-order valence-electron chi connectivity index (χ4n) is 2.18. The minimum absolute atomic E-state index is 0.176. The Bertz CT molecular complexity index is 656. The zero-order chi connectivity index (χ0) is 15.4. The number of anilines is 1. The van der Waals surface area contributed by atoms with Gasteiger partial charge in [0.2, 0.25) is 0 Å². The summed E-state index contributed by atoms with van der Waals surface area (Å²) in [5, 5.41) is 7.40. The lowest BCUT2D eigenvalue weighted by Gasteiger charge is -2.23. The number of nitrogens with two attached hydrogens (primary N) is 1. The van der Waals surface area contributed by atoms with E-state index >= 15 is 0 Å². The third kappa shape index (κ3) is 3.78. The molecule has 0 spiro atoms. The van der Waals surface area contributed by atoms with Gasteiger partial charge in [0.05, 0.1) is 0 Å². The van der Waals surface area contributed by atoms with Crippen LogP contribution in [-0.2, 0) is 6.54 Å². The second-order valence-corrected chi connectivity index (χ2v) is 4.76. The number of benzene rings is 2. The van der Waals surface area contributed by atoms with Gasteiger partial charge in [0.25, 0.3) is 0 Å². The van der Waals surface area contributed by atoms with Crippen molar-refractivity contribution in [2.24, 2.45) is 5.73 Å². The van der Waals surface area contributed by atoms with Gasteiger partial charge in [-0.05, 0) is 48.9 Å². The third-order valence-electron chi connectivity index (χ3n) is 3.20. The highest BCUT2D eigenvalue weighted by Crippen LogP contribution is 2.19. The smallest absolute Gasteiger partial charge is 0.125 e. The van der Waals surface area contributed by atoms with Crippen molar-refractivity contribution in [1.29, 1.82) is 5.41 Å². The van der Waals surface area contributed by atoms with Gasteiger partial charge in [0, 0.05) is 24.3 Å². The molecule has 0 aliphatic rings. The van der Waals surface area contributed by atoms with Crippen LogP contribution in [0, 0.1) is 17.0 Å². The van der Waals surface area contributed by atoms with E-state index < -0.39 is 5.82 Å². The second kappa shape index (κ2) is 6.35. The average Bonchev–Trinajstić information content (AvgIpc) is 2.44. The molecule has 21 heavy (non-hydrogen) atoms. The van der Waals surface area contributed by atoms with Gasteiger partial charge in [-0.3, -0.25) is 5.41 Å². The molecule has 0 fully saturated rings. The van der Waals surface area contributed by atoms with Gasteiger partial charge >= 0.3 is 0 Å². The molecule has 2 aromatic carbocycles. The van der Waals surface area contributed by atoms with Crippen LogP contribution < -0.4 is 10.6 Å². The van der Waals surface area contributed by atoms with Gasteiger partial charge in [0.15, 0.2) is 0 Å². The Kier molecular flexibility index (Phi) is 4.52. The van der Waals surface area contributed by atoms with Crippen LogP contribution in [0.3, 0.4) is 0 Å². The average molecular weight is 289 g/mol. The van der Waals surface area contributed by atoms with E-state index in [1.807, 2.05) is 11.8 Å². The predicted molar refractivity (Wildman–Crippen MR) is 80.5 cm³/mol. The van der Waals surface area contributed by atoms with Crippen LogP contribution in [0.25, 0.3) is 0 Å². The number of nitrogens with zero attached hydrogens (tertiary/aromatic N) is 1. The van der Waals surface area contributed by atoms with Crippen molar-refractivity contribution >= 4 is 11.5 Å². The van der Waals surface area contributed by atoms with Crippen LogP contribution in [0.2, 0.25) is 0 Å². The first-order valence-electron chi connectivity index (χ1n) is 6.64. The summed E-state index contributed by atoms with van der Waals surface area (Å²) in [5.41, 5.74) is 7.16. The summed E-state index contributed by atoms with van der Waals surface area (Å²) in [6.07, 6.45) is 0. The number of halogens is 2. The minimum atomic E-state index is -0.437. The van der Waals surface area contributed by atoms with Crippen LogP contribution in [0.4, 0.5) is 14.5 Å². The molecule has 0 aliphatic heterocycles. The second-order valence-electron chi connectivity index (χ2n) is 4.76. The lowest BCUT2D eigenvalue weighted by atomic mass is 10.1. The van der Waals surface area contributed by atoms with Crippen molar-refractivity contribution in [2.45, 2.75) is 13.5 Å². The monoisotopic (exact) mass is 289 g/mol. The number of rotatable bonds is 5. The van der Waals surface area contributed by atoms with E-state index in [2.05, 4.69) is 0 Å². The van der Waals surface area contributed by atoms with Crippen LogP contribution in [-0.4, -0.2) is 12.4 Å². The maximum absolute atomic E-state index is 13.6. The number of nitrogens with one attached hydrogen (secondary N) is 1. The Morgan fingerprint density at radius 2 is 1.90 bits per heavy atom. The predicted octanol–water partition coefficient (Wildman–Crippen LogP) is 3.28. The van der Waals surface area contributed by atoms with E-state index in [4.69, 9.17) is 11.1 Å². The van der Waals surface area contributed by atoms with Crippen molar-refractivity contribution in [3.63, 3.8) is 0 Å². The topological polar surface area (TPSA) is 53.1 Å². The molecule has 0 saturated carbocycles. The first kappa shape index (κ1) is 15.0. The summed E-state index contributed by atoms with van der Waals surface area (Å²) in [7, 11) is 0. The number of hydrogen-bond donors (Lipinski definition) is 2. The zero-order valence-electron chi connectivity index (χ0n) is 11.7. The number of hydrogen-bond acceptors (Lipinski definition) is 2. The number of nitrogen functional groups attached to an aromatic ring is 1. The lowest BCUT2D eigenvalue weighted by molar-refractivity contribution is 0.622. The Morgan fingerprint density at radius 1 is 1.14 bits per heavy atom. The maximum Gasteiger partial charge on any atom is 0.125 e. The van der Waals surface area contributed by atoms with Crippen molar-refractivity contribution in [3.8, 4) is 0 Å². The highest BCUT2D eigenvalue weighted by atomic mass is 19.1. The molecule has 0 heterocycles. The molecule has 5 heteroatoms. The minimum Gasteiger partial charge on any atom is -0.384 e. The van der Waals surface area contributed by atoms with E-state index in [1.165, 1.54) is 24.3 Å². The Balaban J connectivity index is 2.28. The van der Waals surface area contributed by atoms with E-state index in [0.717, 1.165) is 5.69 Å². The summed E-state index contributed by atoms with van der Waals surface area (Å²) >= 11 is 0. The molecule has 2 rings (SSSR count). The molecule has 0 amide bonds. The first-order chi connectivity index (χ1) is 9.99. The Labute approximate surface area is 122 Å². The molecule has 3 nitrogen and oxygen atoms in total. The fraction of sp³-hybridized carbons (Fsp3) is 0.188. The van der Waals surface area contributed by atoms with Crippen molar-refractivity contribution in [3.05, 3.63) is 65.2 Å². The van der Waals surface area contributed by atoms with Gasteiger partial charge in [-0.2, -0.15) is 0 Å².